The molecule has 1 aliphatic rings. The van der Waals surface area contributed by atoms with Gasteiger partial charge in [0, 0.05) is 43.5 Å². The molecule has 142 valence electrons. The summed E-state index contributed by atoms with van der Waals surface area (Å²) in [6.07, 6.45) is -3.52. The molecule has 3 rings (SSSR count). The molecule has 2 aromatic rings. The number of nitrogens with zero attached hydrogens (tertiary/aromatic N) is 3. The Hall–Kier alpha value is -2.23. The third-order valence-electron chi connectivity index (χ3n) is 4.20. The van der Waals surface area contributed by atoms with Gasteiger partial charge in [-0.05, 0) is 12.3 Å². The van der Waals surface area contributed by atoms with Crippen molar-refractivity contribution in [2.75, 3.05) is 44.1 Å². The molecule has 1 N–H and O–H groups in total. The van der Waals surface area contributed by atoms with Crippen molar-refractivity contribution >= 4 is 22.2 Å². The predicted molar refractivity (Wildman–Crippen MR) is 93.3 cm³/mol. The van der Waals surface area contributed by atoms with Gasteiger partial charge in [-0.2, -0.15) is 13.2 Å². The number of methoxy groups -OCH3 is 2. The Bertz CT molecular complexity index is 731. The summed E-state index contributed by atoms with van der Waals surface area (Å²) < 4.78 is 48.3. The van der Waals surface area contributed by atoms with Crippen LogP contribution in [0.25, 0.3) is 0 Å². The number of rotatable bonds is 6. The van der Waals surface area contributed by atoms with Gasteiger partial charge in [-0.1, -0.05) is 11.3 Å². The lowest BCUT2D eigenvalue weighted by atomic mass is 10.1. The number of anilines is 2. The van der Waals surface area contributed by atoms with Crippen LogP contribution in [0, 0.1) is 5.92 Å². The van der Waals surface area contributed by atoms with Crippen LogP contribution in [0.4, 0.5) is 24.0 Å². The molecule has 1 aromatic heterocycles. The lowest BCUT2D eigenvalue weighted by molar-refractivity contribution is -0.138. The molecular formula is C16H19F3N4O2S. The van der Waals surface area contributed by atoms with Gasteiger partial charge in [0.25, 0.3) is 0 Å². The maximum Gasteiger partial charge on any atom is 0.445 e. The fraction of sp³-hybridized carbons (Fsp3) is 0.500. The third-order valence-corrected chi connectivity index (χ3v) is 5.12. The Morgan fingerprint density at radius 1 is 1.19 bits per heavy atom. The van der Waals surface area contributed by atoms with E-state index in [4.69, 9.17) is 9.47 Å². The van der Waals surface area contributed by atoms with E-state index in [2.05, 4.69) is 20.4 Å². The molecule has 0 saturated carbocycles. The average Bonchev–Trinajstić information content (AvgIpc) is 3.28. The molecule has 0 spiro atoms. The van der Waals surface area contributed by atoms with Crippen molar-refractivity contribution in [2.45, 2.75) is 12.6 Å². The fourth-order valence-electron chi connectivity index (χ4n) is 2.85. The summed E-state index contributed by atoms with van der Waals surface area (Å²) in [6, 6.07) is 5.70. The Labute approximate surface area is 152 Å². The molecular weight excluding hydrogens is 369 g/mol. The maximum absolute atomic E-state index is 12.6. The van der Waals surface area contributed by atoms with Crippen LogP contribution in [0.2, 0.25) is 0 Å². The number of ether oxygens (including phenoxy) is 2. The highest BCUT2D eigenvalue weighted by molar-refractivity contribution is 7.15. The molecule has 0 aliphatic carbocycles. The maximum atomic E-state index is 12.6. The monoisotopic (exact) mass is 388 g/mol. The molecule has 1 saturated heterocycles. The lowest BCUT2D eigenvalue weighted by Gasteiger charge is -2.20. The second-order valence-corrected chi connectivity index (χ2v) is 6.94. The SMILES string of the molecule is COc1cc(OC)cc(N2CCC(CNc3nnc(C(F)(F)F)s3)C2)c1. The average molecular weight is 388 g/mol. The van der Waals surface area contributed by atoms with Crippen molar-refractivity contribution in [1.29, 1.82) is 0 Å². The molecule has 6 nitrogen and oxygen atoms in total. The van der Waals surface area contributed by atoms with Gasteiger partial charge in [-0.25, -0.2) is 0 Å². The highest BCUT2D eigenvalue weighted by Crippen LogP contribution is 2.34. The van der Waals surface area contributed by atoms with Gasteiger partial charge in [0.1, 0.15) is 11.5 Å². The molecule has 1 aliphatic heterocycles. The fourth-order valence-corrected chi connectivity index (χ4v) is 3.47. The van der Waals surface area contributed by atoms with Crippen molar-refractivity contribution in [3.05, 3.63) is 23.2 Å². The first-order valence-corrected chi connectivity index (χ1v) is 8.83. The first-order valence-electron chi connectivity index (χ1n) is 8.01. The van der Waals surface area contributed by atoms with Crippen LogP contribution in [0.5, 0.6) is 11.5 Å². The molecule has 1 fully saturated rings. The molecule has 2 heterocycles. The lowest BCUT2D eigenvalue weighted by Crippen LogP contribution is -2.22. The topological polar surface area (TPSA) is 59.5 Å². The zero-order chi connectivity index (χ0) is 18.7. The highest BCUT2D eigenvalue weighted by Gasteiger charge is 2.35. The van der Waals surface area contributed by atoms with Crippen LogP contribution in [0.3, 0.4) is 0 Å². The van der Waals surface area contributed by atoms with Crippen molar-refractivity contribution in [3.63, 3.8) is 0 Å². The minimum absolute atomic E-state index is 0.193. The smallest absolute Gasteiger partial charge is 0.445 e. The molecule has 1 unspecified atom stereocenters. The van der Waals surface area contributed by atoms with E-state index in [9.17, 15) is 13.2 Å². The minimum atomic E-state index is -4.45. The van der Waals surface area contributed by atoms with E-state index < -0.39 is 11.2 Å². The zero-order valence-corrected chi connectivity index (χ0v) is 15.2. The molecule has 10 heteroatoms. The Morgan fingerprint density at radius 3 is 2.46 bits per heavy atom. The summed E-state index contributed by atoms with van der Waals surface area (Å²) in [5.74, 6) is 1.73. The summed E-state index contributed by atoms with van der Waals surface area (Å²) in [6.45, 7) is 2.19. The minimum Gasteiger partial charge on any atom is -0.497 e. The van der Waals surface area contributed by atoms with Gasteiger partial charge in [-0.3, -0.25) is 0 Å². The highest BCUT2D eigenvalue weighted by atomic mass is 32.1. The second-order valence-electron chi connectivity index (χ2n) is 5.96. The van der Waals surface area contributed by atoms with Gasteiger partial charge >= 0.3 is 6.18 Å². The van der Waals surface area contributed by atoms with Crippen LogP contribution < -0.4 is 19.7 Å². The van der Waals surface area contributed by atoms with Crippen LogP contribution in [0.1, 0.15) is 11.4 Å². The number of hydrogen-bond donors (Lipinski definition) is 1. The number of halogens is 3. The van der Waals surface area contributed by atoms with E-state index in [0.29, 0.717) is 23.8 Å². The summed E-state index contributed by atoms with van der Waals surface area (Å²) in [5.41, 5.74) is 0.999. The van der Waals surface area contributed by atoms with Gasteiger partial charge in [0.15, 0.2) is 0 Å². The molecule has 0 radical (unpaired) electrons. The van der Waals surface area contributed by atoms with Crippen molar-refractivity contribution in [3.8, 4) is 11.5 Å². The van der Waals surface area contributed by atoms with E-state index >= 15 is 0 Å². The van der Waals surface area contributed by atoms with Crippen LogP contribution >= 0.6 is 11.3 Å². The van der Waals surface area contributed by atoms with Crippen LogP contribution in [0.15, 0.2) is 18.2 Å². The molecule has 0 bridgehead atoms. The summed E-state index contributed by atoms with van der Waals surface area (Å²) in [7, 11) is 3.21. The van der Waals surface area contributed by atoms with E-state index in [1.807, 2.05) is 18.2 Å². The third kappa shape index (κ3) is 4.29. The van der Waals surface area contributed by atoms with Crippen molar-refractivity contribution < 1.29 is 22.6 Å². The van der Waals surface area contributed by atoms with Crippen LogP contribution in [-0.4, -0.2) is 44.1 Å². The summed E-state index contributed by atoms with van der Waals surface area (Å²) >= 11 is 0.525. The van der Waals surface area contributed by atoms with Gasteiger partial charge in [0.2, 0.25) is 10.1 Å². The number of hydrogen-bond acceptors (Lipinski definition) is 7. The van der Waals surface area contributed by atoms with E-state index in [1.165, 1.54) is 0 Å². The largest absolute Gasteiger partial charge is 0.497 e. The quantitative estimate of drug-likeness (QED) is 0.817. The van der Waals surface area contributed by atoms with Gasteiger partial charge in [-0.15, -0.1) is 10.2 Å². The molecule has 26 heavy (non-hydrogen) atoms. The van der Waals surface area contributed by atoms with E-state index in [1.54, 1.807) is 14.2 Å². The van der Waals surface area contributed by atoms with Gasteiger partial charge in [0.05, 0.1) is 14.2 Å². The summed E-state index contributed by atoms with van der Waals surface area (Å²) in [5, 5.41) is 8.96. The molecule has 1 atom stereocenters. The normalized spacial score (nSPS) is 17.4. The molecule has 0 amide bonds. The van der Waals surface area contributed by atoms with E-state index in [0.717, 1.165) is 36.7 Å². The first-order chi connectivity index (χ1) is 12.4. The van der Waals surface area contributed by atoms with E-state index in [-0.39, 0.29) is 5.13 Å². The first kappa shape index (κ1) is 18.6. The molecule has 1 aromatic carbocycles. The van der Waals surface area contributed by atoms with Crippen LogP contribution in [-0.2, 0) is 6.18 Å². The predicted octanol–water partition coefficient (Wildman–Crippen LogP) is 3.51. The standard InChI is InChI=1S/C16H19F3N4O2S/c1-24-12-5-11(6-13(7-12)25-2)23-4-3-10(9-23)8-20-15-22-21-14(26-15)16(17,18)19/h5-7,10H,3-4,8-9H2,1-2H3,(H,20,22). The summed E-state index contributed by atoms with van der Waals surface area (Å²) in [4.78, 5) is 2.21. The number of aromatic nitrogens is 2. The Balaban J connectivity index is 1.58. The number of nitrogens with one attached hydrogen (secondary N) is 1. The Kier molecular flexibility index (Phi) is 5.40. The second kappa shape index (κ2) is 7.56. The number of benzene rings is 1. The Morgan fingerprint density at radius 2 is 1.88 bits per heavy atom. The van der Waals surface area contributed by atoms with Crippen molar-refractivity contribution in [2.24, 2.45) is 5.92 Å². The number of alkyl halides is 3. The van der Waals surface area contributed by atoms with Crippen molar-refractivity contribution in [1.82, 2.24) is 10.2 Å². The van der Waals surface area contributed by atoms with Gasteiger partial charge < -0.3 is 19.7 Å². The zero-order valence-electron chi connectivity index (χ0n) is 14.3.